The third-order valence-electron chi connectivity index (χ3n) is 3.96. The molecule has 0 aliphatic carbocycles. The first-order valence-corrected chi connectivity index (χ1v) is 6.70. The van der Waals surface area contributed by atoms with Crippen molar-refractivity contribution in [3.63, 3.8) is 0 Å². The van der Waals surface area contributed by atoms with Gasteiger partial charge in [0, 0.05) is 19.5 Å². The minimum atomic E-state index is -0.117. The second-order valence-electron chi connectivity index (χ2n) is 5.34. The lowest BCUT2D eigenvalue weighted by atomic mass is 9.98. The number of amides is 1. The van der Waals surface area contributed by atoms with Crippen molar-refractivity contribution in [3.05, 3.63) is 35.9 Å². The standard InChI is InChI=1S/C15H22N2O/c1-15(12-16)10-5-11-17(15)14(18)9-8-13-6-3-2-4-7-13/h2-4,6-7H,5,8-12,16H2,1H3. The van der Waals surface area contributed by atoms with Gasteiger partial charge in [0.05, 0.1) is 5.54 Å². The van der Waals surface area contributed by atoms with Crippen LogP contribution in [0, 0.1) is 0 Å². The Balaban J connectivity index is 1.92. The fourth-order valence-corrected chi connectivity index (χ4v) is 2.69. The number of carbonyl (C=O) groups excluding carboxylic acids is 1. The highest BCUT2D eigenvalue weighted by molar-refractivity contribution is 5.77. The van der Waals surface area contributed by atoms with Crippen molar-refractivity contribution in [3.8, 4) is 0 Å². The third kappa shape index (κ3) is 2.72. The van der Waals surface area contributed by atoms with Crippen LogP contribution < -0.4 is 5.73 Å². The summed E-state index contributed by atoms with van der Waals surface area (Å²) >= 11 is 0. The summed E-state index contributed by atoms with van der Waals surface area (Å²) in [5.74, 6) is 0.240. The highest BCUT2D eigenvalue weighted by Crippen LogP contribution is 2.28. The van der Waals surface area contributed by atoms with Crippen LogP contribution in [-0.4, -0.2) is 29.4 Å². The Morgan fingerprint density at radius 3 is 2.78 bits per heavy atom. The molecule has 1 amide bonds. The molecule has 0 aromatic heterocycles. The van der Waals surface area contributed by atoms with Gasteiger partial charge < -0.3 is 10.6 Å². The van der Waals surface area contributed by atoms with Gasteiger partial charge in [-0.25, -0.2) is 0 Å². The zero-order chi connectivity index (χ0) is 13.0. The molecule has 0 saturated carbocycles. The van der Waals surface area contributed by atoms with Crippen LogP contribution in [-0.2, 0) is 11.2 Å². The summed E-state index contributed by atoms with van der Waals surface area (Å²) < 4.78 is 0. The van der Waals surface area contributed by atoms with Crippen LogP contribution in [0.1, 0.15) is 31.7 Å². The number of benzene rings is 1. The molecule has 1 atom stereocenters. The van der Waals surface area contributed by atoms with Crippen molar-refractivity contribution >= 4 is 5.91 Å². The molecule has 1 saturated heterocycles. The largest absolute Gasteiger partial charge is 0.336 e. The lowest BCUT2D eigenvalue weighted by molar-refractivity contribution is -0.134. The van der Waals surface area contributed by atoms with E-state index < -0.39 is 0 Å². The second kappa shape index (κ2) is 5.53. The number of nitrogens with two attached hydrogens (primary N) is 1. The van der Waals surface area contributed by atoms with Gasteiger partial charge in [-0.15, -0.1) is 0 Å². The van der Waals surface area contributed by atoms with Crippen LogP contribution in [0.2, 0.25) is 0 Å². The van der Waals surface area contributed by atoms with E-state index >= 15 is 0 Å². The van der Waals surface area contributed by atoms with Gasteiger partial charge in [-0.2, -0.15) is 0 Å². The molecule has 98 valence electrons. The molecule has 1 fully saturated rings. The monoisotopic (exact) mass is 246 g/mol. The molecular weight excluding hydrogens is 224 g/mol. The minimum absolute atomic E-state index is 0.117. The first-order chi connectivity index (χ1) is 8.65. The van der Waals surface area contributed by atoms with E-state index in [0.717, 1.165) is 25.8 Å². The first-order valence-electron chi connectivity index (χ1n) is 6.70. The smallest absolute Gasteiger partial charge is 0.223 e. The van der Waals surface area contributed by atoms with E-state index in [0.29, 0.717) is 13.0 Å². The fraction of sp³-hybridized carbons (Fsp3) is 0.533. The lowest BCUT2D eigenvalue weighted by Crippen LogP contribution is -2.50. The normalized spacial score (nSPS) is 23.3. The van der Waals surface area contributed by atoms with Gasteiger partial charge in [-0.3, -0.25) is 4.79 Å². The van der Waals surface area contributed by atoms with Crippen molar-refractivity contribution < 1.29 is 4.79 Å². The maximum absolute atomic E-state index is 12.3. The maximum atomic E-state index is 12.3. The fourth-order valence-electron chi connectivity index (χ4n) is 2.69. The van der Waals surface area contributed by atoms with E-state index in [1.165, 1.54) is 5.56 Å². The zero-order valence-electron chi connectivity index (χ0n) is 11.1. The lowest BCUT2D eigenvalue weighted by Gasteiger charge is -2.34. The molecule has 1 unspecified atom stereocenters. The van der Waals surface area contributed by atoms with E-state index in [4.69, 9.17) is 5.73 Å². The highest BCUT2D eigenvalue weighted by Gasteiger charge is 2.37. The summed E-state index contributed by atoms with van der Waals surface area (Å²) in [4.78, 5) is 14.2. The van der Waals surface area contributed by atoms with Crippen molar-refractivity contribution in [2.45, 2.75) is 38.1 Å². The summed E-state index contributed by atoms with van der Waals surface area (Å²) in [6.07, 6.45) is 3.50. The number of hydrogen-bond acceptors (Lipinski definition) is 2. The Bertz CT molecular complexity index is 404. The van der Waals surface area contributed by atoms with E-state index in [-0.39, 0.29) is 11.4 Å². The molecule has 1 aliphatic rings. The molecule has 18 heavy (non-hydrogen) atoms. The van der Waals surface area contributed by atoms with Crippen LogP contribution in [0.5, 0.6) is 0 Å². The molecule has 2 N–H and O–H groups in total. The van der Waals surface area contributed by atoms with Gasteiger partial charge in [-0.05, 0) is 31.7 Å². The molecule has 2 rings (SSSR count). The summed E-state index contributed by atoms with van der Waals surface area (Å²) in [5.41, 5.74) is 6.91. The molecule has 1 aliphatic heterocycles. The Labute approximate surface area is 109 Å². The number of aryl methyl sites for hydroxylation is 1. The van der Waals surface area contributed by atoms with Crippen molar-refractivity contribution in [2.24, 2.45) is 5.73 Å². The zero-order valence-corrected chi connectivity index (χ0v) is 11.1. The van der Waals surface area contributed by atoms with Gasteiger partial charge in [0.15, 0.2) is 0 Å². The summed E-state index contributed by atoms with van der Waals surface area (Å²) in [5, 5.41) is 0. The molecule has 3 nitrogen and oxygen atoms in total. The average Bonchev–Trinajstić information content (AvgIpc) is 2.80. The highest BCUT2D eigenvalue weighted by atomic mass is 16.2. The van der Waals surface area contributed by atoms with Crippen LogP contribution in [0.15, 0.2) is 30.3 Å². The Kier molecular flexibility index (Phi) is 4.02. The van der Waals surface area contributed by atoms with Gasteiger partial charge in [0.25, 0.3) is 0 Å². The summed E-state index contributed by atoms with van der Waals surface area (Å²) in [7, 11) is 0. The molecule has 0 spiro atoms. The molecule has 0 bridgehead atoms. The number of hydrogen-bond donors (Lipinski definition) is 1. The van der Waals surface area contributed by atoms with E-state index in [2.05, 4.69) is 19.1 Å². The summed E-state index contributed by atoms with van der Waals surface area (Å²) in [6.45, 7) is 3.52. The Morgan fingerprint density at radius 1 is 1.39 bits per heavy atom. The Hall–Kier alpha value is -1.35. The van der Waals surface area contributed by atoms with Gasteiger partial charge in [0.2, 0.25) is 5.91 Å². The van der Waals surface area contributed by atoms with Crippen molar-refractivity contribution in [2.75, 3.05) is 13.1 Å². The number of nitrogens with zero attached hydrogens (tertiary/aromatic N) is 1. The number of rotatable bonds is 4. The molecule has 3 heteroatoms. The molecular formula is C15H22N2O. The molecule has 1 aromatic rings. The van der Waals surface area contributed by atoms with Gasteiger partial charge in [-0.1, -0.05) is 30.3 Å². The number of likely N-dealkylation sites (tertiary alicyclic amines) is 1. The minimum Gasteiger partial charge on any atom is -0.336 e. The number of carbonyl (C=O) groups is 1. The van der Waals surface area contributed by atoms with Gasteiger partial charge in [0.1, 0.15) is 0 Å². The third-order valence-corrected chi connectivity index (χ3v) is 3.96. The molecule has 1 aromatic carbocycles. The maximum Gasteiger partial charge on any atom is 0.223 e. The average molecular weight is 246 g/mol. The van der Waals surface area contributed by atoms with Crippen LogP contribution in [0.3, 0.4) is 0 Å². The van der Waals surface area contributed by atoms with Crippen LogP contribution in [0.25, 0.3) is 0 Å². The predicted molar refractivity (Wildman–Crippen MR) is 73.2 cm³/mol. The predicted octanol–water partition coefficient (Wildman–Crippen LogP) is 1.96. The topological polar surface area (TPSA) is 46.3 Å². The quantitative estimate of drug-likeness (QED) is 0.882. The molecule has 1 heterocycles. The van der Waals surface area contributed by atoms with Gasteiger partial charge >= 0.3 is 0 Å². The van der Waals surface area contributed by atoms with Crippen molar-refractivity contribution in [1.82, 2.24) is 4.90 Å². The van der Waals surface area contributed by atoms with Crippen LogP contribution in [0.4, 0.5) is 0 Å². The van der Waals surface area contributed by atoms with E-state index in [9.17, 15) is 4.79 Å². The summed E-state index contributed by atoms with van der Waals surface area (Å²) in [6, 6.07) is 10.2. The SMILES string of the molecule is CC1(CN)CCCN1C(=O)CCc1ccccc1. The Morgan fingerprint density at radius 2 is 2.11 bits per heavy atom. The second-order valence-corrected chi connectivity index (χ2v) is 5.34. The van der Waals surface area contributed by atoms with Crippen molar-refractivity contribution in [1.29, 1.82) is 0 Å². The van der Waals surface area contributed by atoms with E-state index in [1.807, 2.05) is 23.1 Å². The first kappa shape index (κ1) is 13.1. The van der Waals surface area contributed by atoms with Crippen LogP contribution >= 0.6 is 0 Å². The molecule has 0 radical (unpaired) electrons. The van der Waals surface area contributed by atoms with E-state index in [1.54, 1.807) is 0 Å².